The van der Waals surface area contributed by atoms with Gasteiger partial charge in [-0.25, -0.2) is 0 Å². The zero-order valence-electron chi connectivity index (χ0n) is 8.20. The second-order valence-electron chi connectivity index (χ2n) is 4.23. The number of aliphatic hydroxyl groups is 1. The van der Waals surface area contributed by atoms with Gasteiger partial charge in [-0.2, -0.15) is 0 Å². The fourth-order valence-corrected chi connectivity index (χ4v) is 2.07. The molecule has 70 valence electrons. The van der Waals surface area contributed by atoms with Crippen LogP contribution in [0.2, 0.25) is 0 Å². The normalized spacial score (nSPS) is 34.2. The minimum absolute atomic E-state index is 0.267. The summed E-state index contributed by atoms with van der Waals surface area (Å²) < 4.78 is 0. The van der Waals surface area contributed by atoms with Gasteiger partial charge in [-0.1, -0.05) is 44.2 Å². The van der Waals surface area contributed by atoms with Gasteiger partial charge in [-0.3, -0.25) is 0 Å². The van der Waals surface area contributed by atoms with Crippen molar-refractivity contribution in [3.63, 3.8) is 0 Å². The smallest absolute Gasteiger partial charge is 0.0743 e. The summed E-state index contributed by atoms with van der Waals surface area (Å²) in [5, 5.41) is 10.1. The van der Waals surface area contributed by atoms with Gasteiger partial charge < -0.3 is 5.11 Å². The summed E-state index contributed by atoms with van der Waals surface area (Å²) in [6, 6.07) is 10.3. The predicted octanol–water partition coefficient (Wildman–Crippen LogP) is 2.56. The minimum Gasteiger partial charge on any atom is -0.389 e. The summed E-state index contributed by atoms with van der Waals surface area (Å²) in [5.41, 5.74) is 0.816. The number of hydrogen-bond acceptors (Lipinski definition) is 1. The first kappa shape index (κ1) is 8.76. The fourth-order valence-electron chi connectivity index (χ4n) is 2.07. The summed E-state index contributed by atoms with van der Waals surface area (Å²) >= 11 is 0. The molecule has 2 rings (SSSR count). The molecule has 0 spiro atoms. The largest absolute Gasteiger partial charge is 0.389 e. The molecule has 0 amide bonds. The quantitative estimate of drug-likeness (QED) is 0.734. The maximum Gasteiger partial charge on any atom is 0.0743 e. The first-order valence-corrected chi connectivity index (χ1v) is 4.92. The molecule has 1 nitrogen and oxygen atoms in total. The highest BCUT2D eigenvalue weighted by Crippen LogP contribution is 2.52. The predicted molar refractivity (Wildman–Crippen MR) is 53.6 cm³/mol. The average Bonchev–Trinajstić information content (AvgIpc) is 2.76. The van der Waals surface area contributed by atoms with E-state index in [1.165, 1.54) is 5.56 Å². The van der Waals surface area contributed by atoms with Crippen LogP contribution in [-0.4, -0.2) is 10.7 Å². The number of rotatable bonds is 2. The molecular weight excluding hydrogens is 160 g/mol. The van der Waals surface area contributed by atoms with E-state index in [0.717, 1.165) is 6.42 Å². The van der Waals surface area contributed by atoms with E-state index in [1.54, 1.807) is 0 Å². The summed E-state index contributed by atoms with van der Waals surface area (Å²) in [6.45, 7) is 4.22. The highest BCUT2D eigenvalue weighted by molar-refractivity contribution is 5.26. The highest BCUT2D eigenvalue weighted by Gasteiger charge is 2.53. The molecule has 0 aromatic heterocycles. The van der Waals surface area contributed by atoms with E-state index in [0.29, 0.717) is 5.92 Å². The Morgan fingerprint density at radius 3 is 2.38 bits per heavy atom. The van der Waals surface area contributed by atoms with Crippen LogP contribution in [0.3, 0.4) is 0 Å². The summed E-state index contributed by atoms with van der Waals surface area (Å²) in [7, 11) is 0. The van der Waals surface area contributed by atoms with Crippen molar-refractivity contribution in [1.29, 1.82) is 0 Å². The summed E-state index contributed by atoms with van der Waals surface area (Å²) in [6.07, 6.45) is 0.947. The lowest BCUT2D eigenvalue weighted by Gasteiger charge is -2.19. The zero-order chi connectivity index (χ0) is 9.47. The molecule has 1 saturated carbocycles. The van der Waals surface area contributed by atoms with Gasteiger partial charge in [0.1, 0.15) is 0 Å². The van der Waals surface area contributed by atoms with Gasteiger partial charge in [0.05, 0.1) is 5.60 Å². The van der Waals surface area contributed by atoms with Crippen molar-refractivity contribution in [2.24, 2.45) is 5.92 Å². The van der Waals surface area contributed by atoms with E-state index in [1.807, 2.05) is 18.2 Å². The Morgan fingerprint density at radius 2 is 1.92 bits per heavy atom. The van der Waals surface area contributed by atoms with Crippen molar-refractivity contribution in [3.8, 4) is 0 Å². The van der Waals surface area contributed by atoms with Gasteiger partial charge in [-0.15, -0.1) is 0 Å². The van der Waals surface area contributed by atoms with Gasteiger partial charge in [0.2, 0.25) is 0 Å². The van der Waals surface area contributed by atoms with E-state index in [2.05, 4.69) is 26.0 Å². The molecule has 0 aliphatic heterocycles. The van der Waals surface area contributed by atoms with E-state index in [9.17, 15) is 5.11 Å². The molecule has 1 aromatic rings. The van der Waals surface area contributed by atoms with Crippen molar-refractivity contribution in [3.05, 3.63) is 35.9 Å². The third-order valence-corrected chi connectivity index (χ3v) is 3.38. The van der Waals surface area contributed by atoms with Crippen molar-refractivity contribution >= 4 is 0 Å². The average molecular weight is 176 g/mol. The topological polar surface area (TPSA) is 20.2 Å². The SMILES string of the molecule is CC1CC1(O)C(C)c1ccccc1. The molecule has 0 heterocycles. The van der Waals surface area contributed by atoms with Crippen molar-refractivity contribution in [1.82, 2.24) is 0 Å². The molecule has 0 bridgehead atoms. The molecule has 1 heteroatoms. The molecule has 0 radical (unpaired) electrons. The zero-order valence-corrected chi connectivity index (χ0v) is 8.20. The molecule has 3 atom stereocenters. The van der Waals surface area contributed by atoms with Crippen LogP contribution in [0.4, 0.5) is 0 Å². The third kappa shape index (κ3) is 1.37. The lowest BCUT2D eigenvalue weighted by atomic mass is 9.92. The van der Waals surface area contributed by atoms with Gasteiger partial charge in [-0.05, 0) is 17.9 Å². The molecule has 3 unspecified atom stereocenters. The molecule has 1 aliphatic rings. The lowest BCUT2D eigenvalue weighted by Crippen LogP contribution is -2.19. The lowest BCUT2D eigenvalue weighted by molar-refractivity contribution is 0.109. The Morgan fingerprint density at radius 1 is 1.38 bits per heavy atom. The Hall–Kier alpha value is -0.820. The molecular formula is C12H16O. The van der Waals surface area contributed by atoms with Crippen LogP contribution in [0.5, 0.6) is 0 Å². The van der Waals surface area contributed by atoms with Gasteiger partial charge in [0.25, 0.3) is 0 Å². The van der Waals surface area contributed by atoms with Gasteiger partial charge in [0.15, 0.2) is 0 Å². The fraction of sp³-hybridized carbons (Fsp3) is 0.500. The maximum absolute atomic E-state index is 10.1. The highest BCUT2D eigenvalue weighted by atomic mass is 16.3. The Bertz CT molecular complexity index is 293. The Labute approximate surface area is 79.4 Å². The maximum atomic E-state index is 10.1. The molecule has 0 saturated heterocycles. The molecule has 1 aliphatic carbocycles. The van der Waals surface area contributed by atoms with Crippen LogP contribution in [0, 0.1) is 5.92 Å². The summed E-state index contributed by atoms with van der Waals surface area (Å²) in [4.78, 5) is 0. The van der Waals surface area contributed by atoms with Crippen LogP contribution in [-0.2, 0) is 0 Å². The second-order valence-corrected chi connectivity index (χ2v) is 4.23. The van der Waals surface area contributed by atoms with Crippen LogP contribution in [0.1, 0.15) is 31.7 Å². The minimum atomic E-state index is -0.429. The number of hydrogen-bond donors (Lipinski definition) is 1. The first-order chi connectivity index (χ1) is 6.14. The number of benzene rings is 1. The Balaban J connectivity index is 2.19. The van der Waals surface area contributed by atoms with Crippen LogP contribution < -0.4 is 0 Å². The van der Waals surface area contributed by atoms with Crippen molar-refractivity contribution < 1.29 is 5.11 Å². The first-order valence-electron chi connectivity index (χ1n) is 4.92. The van der Waals surface area contributed by atoms with Gasteiger partial charge in [0, 0.05) is 5.92 Å². The van der Waals surface area contributed by atoms with Crippen LogP contribution in [0.25, 0.3) is 0 Å². The molecule has 1 aromatic carbocycles. The molecule has 1 N–H and O–H groups in total. The van der Waals surface area contributed by atoms with Crippen molar-refractivity contribution in [2.45, 2.75) is 31.8 Å². The Kier molecular flexibility index (Phi) is 1.92. The van der Waals surface area contributed by atoms with E-state index < -0.39 is 5.60 Å². The van der Waals surface area contributed by atoms with E-state index in [4.69, 9.17) is 0 Å². The van der Waals surface area contributed by atoms with Crippen LogP contribution >= 0.6 is 0 Å². The van der Waals surface area contributed by atoms with Gasteiger partial charge >= 0.3 is 0 Å². The van der Waals surface area contributed by atoms with Crippen molar-refractivity contribution in [2.75, 3.05) is 0 Å². The van der Waals surface area contributed by atoms with E-state index in [-0.39, 0.29) is 5.92 Å². The molecule has 13 heavy (non-hydrogen) atoms. The standard InChI is InChI=1S/C12H16O/c1-9-8-12(9,13)10(2)11-6-4-3-5-7-11/h3-7,9-10,13H,8H2,1-2H3. The third-order valence-electron chi connectivity index (χ3n) is 3.38. The molecule has 1 fully saturated rings. The van der Waals surface area contributed by atoms with Crippen LogP contribution in [0.15, 0.2) is 30.3 Å². The second kappa shape index (κ2) is 2.85. The summed E-state index contributed by atoms with van der Waals surface area (Å²) in [5.74, 6) is 0.728. The monoisotopic (exact) mass is 176 g/mol. The van der Waals surface area contributed by atoms with E-state index >= 15 is 0 Å².